The number of aliphatic hydroxyl groups excluding tert-OH is 1. The van der Waals surface area contributed by atoms with Crippen LogP contribution in [0.2, 0.25) is 0 Å². The van der Waals surface area contributed by atoms with Crippen LogP contribution in [0, 0.1) is 6.92 Å². The third-order valence-corrected chi connectivity index (χ3v) is 4.15. The molecule has 5 heteroatoms. The minimum absolute atomic E-state index is 0.247. The maximum atomic E-state index is 12.3. The Morgan fingerprint density at radius 1 is 1.19 bits per heavy atom. The van der Waals surface area contributed by atoms with Crippen LogP contribution < -0.4 is 0 Å². The molecule has 0 saturated heterocycles. The van der Waals surface area contributed by atoms with E-state index < -0.39 is 12.1 Å². The van der Waals surface area contributed by atoms with Crippen LogP contribution in [0.15, 0.2) is 49.1 Å². The first-order chi connectivity index (χ1) is 12.2. The lowest BCUT2D eigenvalue weighted by molar-refractivity contribution is -0.136. The lowest BCUT2D eigenvalue weighted by Crippen LogP contribution is -2.23. The minimum atomic E-state index is -1.01. The molecule has 0 aliphatic rings. The molecule has 0 aliphatic heterocycles. The molecule has 0 bridgehead atoms. The summed E-state index contributed by atoms with van der Waals surface area (Å²) in [6.07, 6.45) is 0.348. The number of aliphatic hydroxyl groups is 1. The predicted octanol–water partition coefficient (Wildman–Crippen LogP) is 3.21. The van der Waals surface area contributed by atoms with Gasteiger partial charge in [-0.25, -0.2) is 0 Å². The molecule has 1 atom stereocenters. The maximum Gasteiger partial charge on any atom is 0.307 e. The summed E-state index contributed by atoms with van der Waals surface area (Å²) in [5.41, 5.74) is 4.02. The molecular weight excluding hydrogens is 330 g/mol. The molecule has 0 aliphatic carbocycles. The van der Waals surface area contributed by atoms with E-state index in [2.05, 4.69) is 6.58 Å². The van der Waals surface area contributed by atoms with E-state index in [0.29, 0.717) is 16.7 Å². The molecule has 0 heterocycles. The zero-order chi connectivity index (χ0) is 19.4. The van der Waals surface area contributed by atoms with Crippen molar-refractivity contribution in [2.45, 2.75) is 19.4 Å². The van der Waals surface area contributed by atoms with Crippen LogP contribution in [0.25, 0.3) is 11.1 Å². The van der Waals surface area contributed by atoms with Crippen LogP contribution in [0.3, 0.4) is 0 Å². The van der Waals surface area contributed by atoms with Crippen molar-refractivity contribution in [2.75, 3.05) is 14.1 Å². The highest BCUT2D eigenvalue weighted by atomic mass is 16.4. The first-order valence-electron chi connectivity index (χ1n) is 8.22. The van der Waals surface area contributed by atoms with Gasteiger partial charge in [0.25, 0.3) is 5.91 Å². The summed E-state index contributed by atoms with van der Waals surface area (Å²) < 4.78 is 0. The van der Waals surface area contributed by atoms with Crippen molar-refractivity contribution in [3.8, 4) is 11.1 Å². The molecule has 2 N–H and O–H groups in total. The molecule has 0 aromatic heterocycles. The lowest BCUT2D eigenvalue weighted by atomic mass is 9.91. The van der Waals surface area contributed by atoms with E-state index in [4.69, 9.17) is 0 Å². The second-order valence-electron chi connectivity index (χ2n) is 6.41. The van der Waals surface area contributed by atoms with Crippen LogP contribution in [0.5, 0.6) is 0 Å². The van der Waals surface area contributed by atoms with Gasteiger partial charge in [-0.05, 0) is 41.3 Å². The van der Waals surface area contributed by atoms with Gasteiger partial charge in [-0.2, -0.15) is 0 Å². The van der Waals surface area contributed by atoms with E-state index in [-0.39, 0.29) is 12.3 Å². The Bertz CT molecular complexity index is 855. The fraction of sp³-hybridized carbons (Fsp3) is 0.238. The highest BCUT2D eigenvalue weighted by molar-refractivity contribution is 5.97. The monoisotopic (exact) mass is 353 g/mol. The van der Waals surface area contributed by atoms with Crippen LogP contribution in [-0.4, -0.2) is 41.1 Å². The Morgan fingerprint density at radius 2 is 1.88 bits per heavy atom. The lowest BCUT2D eigenvalue weighted by Gasteiger charge is -2.17. The third-order valence-electron chi connectivity index (χ3n) is 4.15. The van der Waals surface area contributed by atoms with E-state index in [1.807, 2.05) is 25.1 Å². The van der Waals surface area contributed by atoms with Gasteiger partial charge in [-0.15, -0.1) is 6.58 Å². The zero-order valence-electron chi connectivity index (χ0n) is 15.2. The Morgan fingerprint density at radius 3 is 2.46 bits per heavy atom. The average Bonchev–Trinajstić information content (AvgIpc) is 2.59. The van der Waals surface area contributed by atoms with E-state index >= 15 is 0 Å². The van der Waals surface area contributed by atoms with E-state index in [9.17, 15) is 19.8 Å². The van der Waals surface area contributed by atoms with Gasteiger partial charge < -0.3 is 15.1 Å². The highest BCUT2D eigenvalue weighted by Crippen LogP contribution is 2.31. The van der Waals surface area contributed by atoms with Gasteiger partial charge in [0.1, 0.15) is 0 Å². The van der Waals surface area contributed by atoms with Crippen molar-refractivity contribution >= 4 is 11.9 Å². The summed E-state index contributed by atoms with van der Waals surface area (Å²) in [5.74, 6) is -1.26. The molecule has 0 spiro atoms. The van der Waals surface area contributed by atoms with Crippen LogP contribution in [0.4, 0.5) is 0 Å². The summed E-state index contributed by atoms with van der Waals surface area (Å²) in [7, 11) is 3.25. The number of carboxylic acids is 1. The molecule has 1 unspecified atom stereocenters. The summed E-state index contributed by atoms with van der Waals surface area (Å²) in [4.78, 5) is 25.0. The van der Waals surface area contributed by atoms with Crippen molar-refractivity contribution in [1.29, 1.82) is 0 Å². The number of aryl methyl sites for hydroxylation is 1. The van der Waals surface area contributed by atoms with Gasteiger partial charge in [0.2, 0.25) is 0 Å². The normalized spacial score (nSPS) is 11.7. The number of carboxylic acid groups (broad SMARTS) is 1. The largest absolute Gasteiger partial charge is 0.481 e. The predicted molar refractivity (Wildman–Crippen MR) is 101 cm³/mol. The quantitative estimate of drug-likeness (QED) is 0.782. The standard InChI is InChI=1S/C21H23NO4/c1-5-19(23)17-8-6-13(2)10-18(17)14-7-9-16(21(26)22(3)4)15(11-14)12-20(24)25/h5-11,19,23H,1,12H2,2-4H3,(H,24,25). The van der Waals surface area contributed by atoms with Gasteiger partial charge in [0.05, 0.1) is 12.5 Å². The molecule has 2 rings (SSSR count). The number of rotatable bonds is 6. The van der Waals surface area contributed by atoms with Crippen molar-refractivity contribution in [3.05, 3.63) is 71.3 Å². The number of hydrogen-bond donors (Lipinski definition) is 2. The van der Waals surface area contributed by atoms with Gasteiger partial charge >= 0.3 is 5.97 Å². The first-order valence-corrected chi connectivity index (χ1v) is 8.22. The number of nitrogens with zero attached hydrogens (tertiary/aromatic N) is 1. The topological polar surface area (TPSA) is 77.8 Å². The molecule has 136 valence electrons. The van der Waals surface area contributed by atoms with Crippen LogP contribution >= 0.6 is 0 Å². The van der Waals surface area contributed by atoms with Crippen molar-refractivity contribution in [3.63, 3.8) is 0 Å². The maximum absolute atomic E-state index is 12.3. The van der Waals surface area contributed by atoms with Crippen LogP contribution in [-0.2, 0) is 11.2 Å². The van der Waals surface area contributed by atoms with Crippen molar-refractivity contribution in [2.24, 2.45) is 0 Å². The van der Waals surface area contributed by atoms with Crippen LogP contribution in [0.1, 0.15) is 33.2 Å². The average molecular weight is 353 g/mol. The SMILES string of the molecule is C=CC(O)c1ccc(C)cc1-c1ccc(C(=O)N(C)C)c(CC(=O)O)c1. The Labute approximate surface area is 153 Å². The first kappa shape index (κ1) is 19.4. The smallest absolute Gasteiger partial charge is 0.307 e. The molecule has 0 radical (unpaired) electrons. The fourth-order valence-electron chi connectivity index (χ4n) is 2.82. The third kappa shape index (κ3) is 4.18. The Kier molecular flexibility index (Phi) is 5.95. The molecule has 2 aromatic rings. The Balaban J connectivity index is 2.65. The molecule has 1 amide bonds. The zero-order valence-corrected chi connectivity index (χ0v) is 15.2. The molecule has 26 heavy (non-hydrogen) atoms. The molecule has 0 saturated carbocycles. The number of amides is 1. The van der Waals surface area contributed by atoms with Gasteiger partial charge in [-0.1, -0.05) is 35.9 Å². The summed E-state index contributed by atoms with van der Waals surface area (Å²) >= 11 is 0. The fourth-order valence-corrected chi connectivity index (χ4v) is 2.82. The number of aliphatic carboxylic acids is 1. The number of hydrogen-bond acceptors (Lipinski definition) is 3. The molecule has 5 nitrogen and oxygen atoms in total. The minimum Gasteiger partial charge on any atom is -0.481 e. The molecular formula is C21H23NO4. The second-order valence-corrected chi connectivity index (χ2v) is 6.41. The molecule has 2 aromatic carbocycles. The molecule has 0 fully saturated rings. The van der Waals surface area contributed by atoms with Crippen molar-refractivity contribution < 1.29 is 19.8 Å². The van der Waals surface area contributed by atoms with E-state index in [1.165, 1.54) is 11.0 Å². The number of carbonyl (C=O) groups is 2. The van der Waals surface area contributed by atoms with E-state index in [1.54, 1.807) is 32.3 Å². The summed E-state index contributed by atoms with van der Waals surface area (Å²) in [6.45, 7) is 5.57. The Hall–Kier alpha value is -2.92. The number of benzene rings is 2. The highest BCUT2D eigenvalue weighted by Gasteiger charge is 2.18. The second kappa shape index (κ2) is 7.97. The van der Waals surface area contributed by atoms with E-state index in [0.717, 1.165) is 16.7 Å². The number of carbonyl (C=O) groups excluding carboxylic acids is 1. The summed E-state index contributed by atoms with van der Waals surface area (Å²) in [6, 6.07) is 10.8. The summed E-state index contributed by atoms with van der Waals surface area (Å²) in [5, 5.41) is 19.4. The van der Waals surface area contributed by atoms with Gasteiger partial charge in [-0.3, -0.25) is 9.59 Å². The van der Waals surface area contributed by atoms with Crippen molar-refractivity contribution in [1.82, 2.24) is 4.90 Å². The van der Waals surface area contributed by atoms with Gasteiger partial charge in [0, 0.05) is 19.7 Å². The van der Waals surface area contributed by atoms with Gasteiger partial charge in [0.15, 0.2) is 0 Å².